The molecule has 1 aromatic heterocycles. The van der Waals surface area contributed by atoms with E-state index < -0.39 is 6.85 Å². The molecule has 2 nitrogen and oxygen atoms in total. The smallest absolute Gasteiger partial charge is 0.228 e. The Bertz CT molecular complexity index is 1890. The van der Waals surface area contributed by atoms with Crippen molar-refractivity contribution in [3.05, 3.63) is 77.0 Å². The molecule has 2 heterocycles. The van der Waals surface area contributed by atoms with Gasteiger partial charge in [0.15, 0.2) is 6.20 Å². The summed E-state index contributed by atoms with van der Waals surface area (Å²) in [5.41, 5.74) is 6.57. The number of fused-ring (bicyclic) bond motifs is 5. The van der Waals surface area contributed by atoms with E-state index in [9.17, 15) is 0 Å². The molecule has 0 aliphatic carbocycles. The van der Waals surface area contributed by atoms with Gasteiger partial charge in [-0.1, -0.05) is 77.9 Å². The molecule has 0 spiro atoms. The number of ether oxygens (including phenoxy) is 1. The predicted molar refractivity (Wildman–Crippen MR) is 161 cm³/mol. The summed E-state index contributed by atoms with van der Waals surface area (Å²) in [5.74, 6) is 1.71. The minimum absolute atomic E-state index is 0.0515. The Morgan fingerprint density at radius 3 is 2.32 bits per heavy atom. The van der Waals surface area contributed by atoms with Gasteiger partial charge in [-0.05, 0) is 81.7 Å². The minimum Gasteiger partial charge on any atom is -0.455 e. The Balaban J connectivity index is 1.77. The summed E-state index contributed by atoms with van der Waals surface area (Å²) in [6.07, 6.45) is 3.94. The van der Waals surface area contributed by atoms with E-state index in [-0.39, 0.29) is 10.8 Å². The van der Waals surface area contributed by atoms with Crippen LogP contribution in [0.15, 0.2) is 54.7 Å². The van der Waals surface area contributed by atoms with Gasteiger partial charge in [0.25, 0.3) is 0 Å². The number of rotatable bonds is 2. The Kier molecular flexibility index (Phi) is 4.71. The van der Waals surface area contributed by atoms with Crippen molar-refractivity contribution in [2.45, 2.75) is 68.2 Å². The molecular formula is C36H40NO+. The zero-order valence-electron chi connectivity index (χ0n) is 27.0. The number of aromatic nitrogens is 1. The maximum atomic E-state index is 8.27. The van der Waals surface area contributed by atoms with Crippen LogP contribution in [0.4, 0.5) is 0 Å². The van der Waals surface area contributed by atoms with Crippen LogP contribution in [0, 0.1) is 24.6 Å². The van der Waals surface area contributed by atoms with Crippen molar-refractivity contribution < 1.29 is 13.4 Å². The molecule has 6 rings (SSSR count). The summed E-state index contributed by atoms with van der Waals surface area (Å²) in [4.78, 5) is 0. The first-order valence-electron chi connectivity index (χ1n) is 15.2. The summed E-state index contributed by atoms with van der Waals surface area (Å²) in [6.45, 7) is 13.7. The molecule has 0 saturated carbocycles. The van der Waals surface area contributed by atoms with E-state index in [2.05, 4.69) is 84.5 Å². The lowest BCUT2D eigenvalue weighted by atomic mass is 9.80. The van der Waals surface area contributed by atoms with Gasteiger partial charge in [0.2, 0.25) is 5.69 Å². The third kappa shape index (κ3) is 3.97. The summed E-state index contributed by atoms with van der Waals surface area (Å²) >= 11 is 0. The Morgan fingerprint density at radius 1 is 0.842 bits per heavy atom. The molecule has 194 valence electrons. The number of hydrogen-bond acceptors (Lipinski definition) is 1. The van der Waals surface area contributed by atoms with Gasteiger partial charge < -0.3 is 4.74 Å². The molecule has 0 unspecified atom stereocenters. The maximum Gasteiger partial charge on any atom is 0.228 e. The van der Waals surface area contributed by atoms with Crippen molar-refractivity contribution in [2.24, 2.45) is 17.9 Å². The van der Waals surface area contributed by atoms with Crippen LogP contribution in [-0.4, -0.2) is 0 Å². The van der Waals surface area contributed by atoms with Gasteiger partial charge in [-0.25, -0.2) is 4.57 Å². The lowest BCUT2D eigenvalue weighted by molar-refractivity contribution is -0.659. The second-order valence-corrected chi connectivity index (χ2v) is 13.6. The monoisotopic (exact) mass is 505 g/mol. The van der Waals surface area contributed by atoms with E-state index in [1.807, 2.05) is 24.3 Å². The van der Waals surface area contributed by atoms with E-state index in [1.54, 1.807) is 6.07 Å². The van der Waals surface area contributed by atoms with Gasteiger partial charge in [0.05, 0.1) is 10.9 Å². The highest BCUT2D eigenvalue weighted by molar-refractivity contribution is 6.17. The van der Waals surface area contributed by atoms with Crippen molar-refractivity contribution in [3.63, 3.8) is 0 Å². The van der Waals surface area contributed by atoms with Crippen molar-refractivity contribution in [1.82, 2.24) is 0 Å². The average molecular weight is 506 g/mol. The third-order valence-electron chi connectivity index (χ3n) is 7.80. The first-order chi connectivity index (χ1) is 19.0. The van der Waals surface area contributed by atoms with Crippen molar-refractivity contribution in [3.8, 4) is 22.8 Å². The van der Waals surface area contributed by atoms with Crippen LogP contribution in [0.2, 0.25) is 0 Å². The van der Waals surface area contributed by atoms with Gasteiger partial charge in [-0.15, -0.1) is 0 Å². The van der Waals surface area contributed by atoms with Crippen LogP contribution >= 0.6 is 0 Å². The largest absolute Gasteiger partial charge is 0.455 e. The van der Waals surface area contributed by atoms with Crippen LogP contribution in [0.1, 0.15) is 67.9 Å². The highest BCUT2D eigenvalue weighted by Gasteiger charge is 2.34. The maximum absolute atomic E-state index is 8.27. The number of aryl methyl sites for hydroxylation is 3. The zero-order valence-corrected chi connectivity index (χ0v) is 24.0. The number of hydrogen-bond donors (Lipinski definition) is 0. The van der Waals surface area contributed by atoms with Crippen LogP contribution in [0.5, 0.6) is 11.5 Å². The highest BCUT2D eigenvalue weighted by atomic mass is 16.5. The molecule has 4 aromatic carbocycles. The van der Waals surface area contributed by atoms with Crippen LogP contribution in [0.3, 0.4) is 0 Å². The fourth-order valence-electron chi connectivity index (χ4n) is 6.37. The molecule has 1 aliphatic rings. The molecule has 0 amide bonds. The van der Waals surface area contributed by atoms with Crippen LogP contribution in [-0.2, 0) is 19.9 Å². The van der Waals surface area contributed by atoms with E-state index in [1.165, 1.54) is 27.5 Å². The lowest BCUT2D eigenvalue weighted by Crippen LogP contribution is -2.32. The van der Waals surface area contributed by atoms with Gasteiger partial charge in [-0.3, -0.25) is 0 Å². The standard InChI is InChI=1S/C36H40NO/c1-21-11-10-12-24-18-29-32-26(30(21)24)15-16-37(9)33(32)31-22(2)27-17-23(19-35(3,4)5)13-14-25(27)28(34(31)38-29)20-36(6,7)8/h10-18H,19-20H2,1-9H3/q+1/i1D3. The predicted octanol–water partition coefficient (Wildman–Crippen LogP) is 9.54. The van der Waals surface area contributed by atoms with Gasteiger partial charge >= 0.3 is 0 Å². The number of pyridine rings is 1. The quantitative estimate of drug-likeness (QED) is 0.169. The fraction of sp³-hybridized carbons (Fsp3) is 0.361. The van der Waals surface area contributed by atoms with Gasteiger partial charge in [0, 0.05) is 21.1 Å². The van der Waals surface area contributed by atoms with Gasteiger partial charge in [-0.2, -0.15) is 0 Å². The second-order valence-electron chi connectivity index (χ2n) is 13.6. The fourth-order valence-corrected chi connectivity index (χ4v) is 6.37. The Hall–Kier alpha value is -3.39. The van der Waals surface area contributed by atoms with Crippen molar-refractivity contribution in [2.75, 3.05) is 0 Å². The molecule has 1 aliphatic heterocycles. The summed E-state index contributed by atoms with van der Waals surface area (Å²) < 4.78 is 33.9. The molecule has 0 bridgehead atoms. The van der Waals surface area contributed by atoms with Crippen LogP contribution < -0.4 is 9.30 Å². The lowest BCUT2D eigenvalue weighted by Gasteiger charge is -2.29. The number of benzene rings is 4. The van der Waals surface area contributed by atoms with E-state index in [0.29, 0.717) is 5.56 Å². The summed E-state index contributed by atoms with van der Waals surface area (Å²) in [7, 11) is 2.08. The molecule has 0 fully saturated rings. The van der Waals surface area contributed by atoms with Crippen LogP contribution in [0.25, 0.3) is 43.6 Å². The highest BCUT2D eigenvalue weighted by Crippen LogP contribution is 2.53. The topological polar surface area (TPSA) is 13.1 Å². The minimum atomic E-state index is -2.22. The average Bonchev–Trinajstić information content (AvgIpc) is 2.85. The first-order valence-corrected chi connectivity index (χ1v) is 13.7. The first kappa shape index (κ1) is 21.5. The zero-order chi connectivity index (χ0) is 29.6. The molecule has 38 heavy (non-hydrogen) atoms. The van der Waals surface area contributed by atoms with E-state index in [4.69, 9.17) is 8.85 Å². The molecule has 2 heteroatoms. The molecular weight excluding hydrogens is 462 g/mol. The third-order valence-corrected chi connectivity index (χ3v) is 7.80. The Labute approximate surface area is 231 Å². The van der Waals surface area contributed by atoms with Crippen molar-refractivity contribution >= 4 is 32.3 Å². The SMILES string of the molecule is [2H]C([2H])([2H])c1cccc2cc3c4c([n+](C)ccc4c12)-c1c(c(CC(C)(C)C)c2ccc(CC(C)(C)C)cc2c1C)O3. The normalized spacial score (nSPS) is 14.8. The van der Waals surface area contributed by atoms with E-state index in [0.717, 1.165) is 57.1 Å². The second kappa shape index (κ2) is 8.30. The van der Waals surface area contributed by atoms with E-state index >= 15 is 0 Å². The number of nitrogens with zero attached hydrogens (tertiary/aromatic N) is 1. The molecule has 5 aromatic rings. The molecule has 0 saturated heterocycles. The summed E-state index contributed by atoms with van der Waals surface area (Å²) in [6, 6.07) is 16.6. The van der Waals surface area contributed by atoms with Crippen molar-refractivity contribution in [1.29, 1.82) is 0 Å². The molecule has 0 N–H and O–H groups in total. The van der Waals surface area contributed by atoms with Gasteiger partial charge in [0.1, 0.15) is 18.5 Å². The summed E-state index contributed by atoms with van der Waals surface area (Å²) in [5, 5.41) is 6.06. The molecule has 0 radical (unpaired) electrons. The molecule has 0 atom stereocenters. The Morgan fingerprint density at radius 2 is 1.61 bits per heavy atom.